The number of carbonyl (C=O) groups excluding carboxylic acids is 1. The summed E-state index contributed by atoms with van der Waals surface area (Å²) in [6.45, 7) is 2.61. The Morgan fingerprint density at radius 2 is 2.33 bits per heavy atom. The highest BCUT2D eigenvalue weighted by Gasteiger charge is 1.94. The van der Waals surface area contributed by atoms with Crippen LogP contribution < -0.4 is 5.32 Å². The maximum atomic E-state index is 10.6. The lowest BCUT2D eigenvalue weighted by molar-refractivity contribution is -0.121. The first-order valence-corrected chi connectivity index (χ1v) is 3.28. The van der Waals surface area contributed by atoms with Crippen LogP contribution in [0, 0.1) is 0 Å². The van der Waals surface area contributed by atoms with Gasteiger partial charge in [0, 0.05) is 13.0 Å². The minimum Gasteiger partial charge on any atom is -0.356 e. The molecule has 0 rings (SSSR count). The summed E-state index contributed by atoms with van der Waals surface area (Å²) in [6, 6.07) is 0. The van der Waals surface area contributed by atoms with Gasteiger partial charge in [-0.15, -0.1) is 0 Å². The molecule has 0 heterocycles. The Kier molecular flexibility index (Phi) is 5.37. The molecule has 0 saturated heterocycles. The molecule has 0 aliphatic carbocycles. The van der Waals surface area contributed by atoms with Gasteiger partial charge in [0.05, 0.1) is 7.85 Å². The van der Waals surface area contributed by atoms with Gasteiger partial charge in [0.2, 0.25) is 5.91 Å². The van der Waals surface area contributed by atoms with Crippen LogP contribution in [0.25, 0.3) is 0 Å². The van der Waals surface area contributed by atoms with Gasteiger partial charge in [-0.1, -0.05) is 12.7 Å². The lowest BCUT2D eigenvalue weighted by Gasteiger charge is -1.98. The second-order valence-electron chi connectivity index (χ2n) is 1.85. The Hall–Kier alpha value is -0.465. The molecule has 0 aliphatic rings. The predicted octanol–water partition coefficient (Wildman–Crippen LogP) is 0.489. The van der Waals surface area contributed by atoms with Crippen molar-refractivity contribution in [3.8, 4) is 0 Å². The maximum Gasteiger partial charge on any atom is 0.219 e. The summed E-state index contributed by atoms with van der Waals surface area (Å²) in [5, 5.41) is 2.69. The highest BCUT2D eigenvalue weighted by atomic mass is 16.1. The molecule has 2 nitrogen and oxygen atoms in total. The van der Waals surface area contributed by atoms with E-state index in [0.717, 1.165) is 6.42 Å². The smallest absolute Gasteiger partial charge is 0.219 e. The van der Waals surface area contributed by atoms with Crippen LogP contribution in [0.4, 0.5) is 0 Å². The van der Waals surface area contributed by atoms with Gasteiger partial charge in [0.15, 0.2) is 0 Å². The van der Waals surface area contributed by atoms with Crippen molar-refractivity contribution in [2.45, 2.75) is 26.1 Å². The van der Waals surface area contributed by atoms with Gasteiger partial charge < -0.3 is 5.32 Å². The molecule has 1 amide bonds. The van der Waals surface area contributed by atoms with Crippen molar-refractivity contribution in [2.75, 3.05) is 6.54 Å². The average Bonchev–Trinajstić information content (AvgIpc) is 1.85. The summed E-state index contributed by atoms with van der Waals surface area (Å²) in [4.78, 5) is 10.6. The molecule has 0 aromatic carbocycles. The zero-order valence-electron chi connectivity index (χ0n) is 5.81. The number of hydrogen-bond acceptors (Lipinski definition) is 1. The molecule has 0 aromatic rings. The Morgan fingerprint density at radius 1 is 1.67 bits per heavy atom. The first kappa shape index (κ1) is 8.53. The molecule has 50 valence electrons. The SMILES string of the molecule is [B]CCCC(=O)NCC. The van der Waals surface area contributed by atoms with Crippen molar-refractivity contribution in [1.82, 2.24) is 5.32 Å². The first-order chi connectivity index (χ1) is 4.31. The van der Waals surface area contributed by atoms with Crippen LogP contribution in [0.3, 0.4) is 0 Å². The Balaban J connectivity index is 3.06. The molecule has 0 bridgehead atoms. The van der Waals surface area contributed by atoms with Crippen molar-refractivity contribution in [3.05, 3.63) is 0 Å². The van der Waals surface area contributed by atoms with Crippen molar-refractivity contribution in [3.63, 3.8) is 0 Å². The van der Waals surface area contributed by atoms with Crippen LogP contribution in [-0.2, 0) is 4.79 Å². The van der Waals surface area contributed by atoms with E-state index in [0.29, 0.717) is 19.3 Å². The third-order valence-corrected chi connectivity index (χ3v) is 0.982. The van der Waals surface area contributed by atoms with E-state index in [1.165, 1.54) is 0 Å². The van der Waals surface area contributed by atoms with E-state index in [4.69, 9.17) is 7.85 Å². The summed E-state index contributed by atoms with van der Waals surface area (Å²) in [5.74, 6) is 0.1000. The van der Waals surface area contributed by atoms with Gasteiger partial charge in [-0.2, -0.15) is 0 Å². The Morgan fingerprint density at radius 3 is 2.78 bits per heavy atom. The third kappa shape index (κ3) is 5.41. The van der Waals surface area contributed by atoms with Crippen LogP contribution in [-0.4, -0.2) is 20.3 Å². The Bertz CT molecular complexity index is 85.1. The molecule has 1 N–H and O–H groups in total. The largest absolute Gasteiger partial charge is 0.356 e. The van der Waals surface area contributed by atoms with Crippen molar-refractivity contribution >= 4 is 13.8 Å². The summed E-state index contributed by atoms with van der Waals surface area (Å²) >= 11 is 0. The van der Waals surface area contributed by atoms with Crippen LogP contribution in [0.1, 0.15) is 19.8 Å². The van der Waals surface area contributed by atoms with E-state index in [1.807, 2.05) is 6.92 Å². The molecular formula is C6H12BNO. The normalized spacial score (nSPS) is 9.00. The van der Waals surface area contributed by atoms with E-state index in [2.05, 4.69) is 5.32 Å². The second-order valence-corrected chi connectivity index (χ2v) is 1.85. The molecule has 0 saturated carbocycles. The van der Waals surface area contributed by atoms with Crippen molar-refractivity contribution in [1.29, 1.82) is 0 Å². The van der Waals surface area contributed by atoms with Crippen LogP contribution in [0.15, 0.2) is 0 Å². The molecule has 9 heavy (non-hydrogen) atoms. The van der Waals surface area contributed by atoms with Crippen molar-refractivity contribution < 1.29 is 4.79 Å². The van der Waals surface area contributed by atoms with Gasteiger partial charge in [0.25, 0.3) is 0 Å². The molecule has 0 unspecified atom stereocenters. The molecule has 0 aromatic heterocycles. The van der Waals surface area contributed by atoms with Gasteiger partial charge in [-0.25, -0.2) is 0 Å². The number of hydrogen-bond donors (Lipinski definition) is 1. The van der Waals surface area contributed by atoms with Crippen molar-refractivity contribution in [2.24, 2.45) is 0 Å². The minimum atomic E-state index is 0.1000. The summed E-state index contributed by atoms with van der Waals surface area (Å²) < 4.78 is 0. The van der Waals surface area contributed by atoms with Crippen LogP contribution >= 0.6 is 0 Å². The third-order valence-electron chi connectivity index (χ3n) is 0.982. The molecule has 2 radical (unpaired) electrons. The van der Waals surface area contributed by atoms with E-state index >= 15 is 0 Å². The lowest BCUT2D eigenvalue weighted by Crippen LogP contribution is -2.21. The molecule has 0 spiro atoms. The number of amides is 1. The zero-order chi connectivity index (χ0) is 7.11. The van der Waals surface area contributed by atoms with Gasteiger partial charge in [-0.05, 0) is 6.92 Å². The molecule has 0 fully saturated rings. The zero-order valence-corrected chi connectivity index (χ0v) is 5.81. The summed E-state index contributed by atoms with van der Waals surface area (Å²) in [7, 11) is 5.19. The number of nitrogens with one attached hydrogen (secondary N) is 1. The Labute approximate surface area is 57.4 Å². The topological polar surface area (TPSA) is 29.1 Å². The highest BCUT2D eigenvalue weighted by molar-refractivity contribution is 6.08. The fourth-order valence-corrected chi connectivity index (χ4v) is 0.548. The van der Waals surface area contributed by atoms with E-state index in [9.17, 15) is 4.79 Å². The quantitative estimate of drug-likeness (QED) is 0.544. The number of carbonyl (C=O) groups is 1. The average molecular weight is 125 g/mol. The standard InChI is InChI=1S/C6H12BNO/c1-2-8-6(9)4-3-5-7/h2-5H2,1H3,(H,8,9). The lowest BCUT2D eigenvalue weighted by atomic mass is 10.0. The molecule has 0 atom stereocenters. The summed E-state index contributed by atoms with van der Waals surface area (Å²) in [6.07, 6.45) is 1.94. The summed E-state index contributed by atoms with van der Waals surface area (Å²) in [5.41, 5.74) is 0. The van der Waals surface area contributed by atoms with E-state index in [1.54, 1.807) is 0 Å². The van der Waals surface area contributed by atoms with Gasteiger partial charge in [0.1, 0.15) is 0 Å². The highest BCUT2D eigenvalue weighted by Crippen LogP contribution is 1.90. The van der Waals surface area contributed by atoms with Gasteiger partial charge >= 0.3 is 0 Å². The fourth-order valence-electron chi connectivity index (χ4n) is 0.548. The molecular weight excluding hydrogens is 113 g/mol. The fraction of sp³-hybridized carbons (Fsp3) is 0.833. The second kappa shape index (κ2) is 5.67. The van der Waals surface area contributed by atoms with E-state index < -0.39 is 0 Å². The monoisotopic (exact) mass is 125 g/mol. The maximum absolute atomic E-state index is 10.6. The minimum absolute atomic E-state index is 0.1000. The van der Waals surface area contributed by atoms with Gasteiger partial charge in [-0.3, -0.25) is 4.79 Å². The van der Waals surface area contributed by atoms with Crippen LogP contribution in [0.2, 0.25) is 6.32 Å². The van der Waals surface area contributed by atoms with Crippen LogP contribution in [0.5, 0.6) is 0 Å². The van der Waals surface area contributed by atoms with E-state index in [-0.39, 0.29) is 5.91 Å². The molecule has 0 aliphatic heterocycles. The predicted molar refractivity (Wildman–Crippen MR) is 38.5 cm³/mol. The first-order valence-electron chi connectivity index (χ1n) is 3.28. The molecule has 3 heteroatoms. The number of rotatable bonds is 4.